The Morgan fingerprint density at radius 1 is 1.32 bits per heavy atom. The lowest BCUT2D eigenvalue weighted by Crippen LogP contribution is -2.63. The van der Waals surface area contributed by atoms with Gasteiger partial charge in [-0.15, -0.1) is 0 Å². The van der Waals surface area contributed by atoms with Crippen molar-refractivity contribution in [3.63, 3.8) is 0 Å². The molecule has 5 nitrogen and oxygen atoms in total. The van der Waals surface area contributed by atoms with Gasteiger partial charge in [0.1, 0.15) is 0 Å². The van der Waals surface area contributed by atoms with Gasteiger partial charge in [-0.1, -0.05) is 30.9 Å². The van der Waals surface area contributed by atoms with Gasteiger partial charge in [0, 0.05) is 46.3 Å². The van der Waals surface area contributed by atoms with Crippen LogP contribution in [0.3, 0.4) is 0 Å². The van der Waals surface area contributed by atoms with Gasteiger partial charge >= 0.3 is 0 Å². The maximum atomic E-state index is 12.1. The zero-order valence-electron chi connectivity index (χ0n) is 13.5. The zero-order valence-corrected chi connectivity index (χ0v) is 14.3. The molecule has 122 valence electrons. The van der Waals surface area contributed by atoms with Gasteiger partial charge in [0.05, 0.1) is 16.3 Å². The maximum Gasteiger partial charge on any atom is 0.219 e. The summed E-state index contributed by atoms with van der Waals surface area (Å²) in [6, 6.07) is 0. The van der Waals surface area contributed by atoms with Crippen LogP contribution in [0.2, 0.25) is 5.02 Å². The molecule has 0 radical (unpaired) electrons. The average Bonchev–Trinajstić information content (AvgIpc) is 2.77. The SMILES string of the molecule is CC(=O)N1CCN(Cc2nn(C)cc2Cl)CC12CCCCC2. The zero-order chi connectivity index (χ0) is 15.7. The molecular weight excluding hydrogens is 300 g/mol. The van der Waals surface area contributed by atoms with Crippen LogP contribution >= 0.6 is 11.6 Å². The van der Waals surface area contributed by atoms with E-state index in [1.54, 1.807) is 11.6 Å². The van der Waals surface area contributed by atoms with Crippen molar-refractivity contribution in [3.8, 4) is 0 Å². The molecule has 0 atom stereocenters. The van der Waals surface area contributed by atoms with Crippen molar-refractivity contribution < 1.29 is 4.79 Å². The Hall–Kier alpha value is -1.07. The topological polar surface area (TPSA) is 41.4 Å². The molecule has 1 aromatic rings. The highest BCUT2D eigenvalue weighted by atomic mass is 35.5. The monoisotopic (exact) mass is 324 g/mol. The number of carbonyl (C=O) groups is 1. The Labute approximate surface area is 137 Å². The molecule has 2 fully saturated rings. The Kier molecular flexibility index (Phi) is 4.46. The molecule has 0 unspecified atom stereocenters. The van der Waals surface area contributed by atoms with Crippen LogP contribution in [-0.2, 0) is 18.4 Å². The van der Waals surface area contributed by atoms with Gasteiger partial charge in [-0.2, -0.15) is 5.10 Å². The van der Waals surface area contributed by atoms with Gasteiger partial charge in [0.2, 0.25) is 5.91 Å². The largest absolute Gasteiger partial charge is 0.335 e. The minimum atomic E-state index is 0.0313. The number of nitrogens with zero attached hydrogens (tertiary/aromatic N) is 4. The molecule has 0 bridgehead atoms. The lowest BCUT2D eigenvalue weighted by atomic mass is 9.78. The summed E-state index contributed by atoms with van der Waals surface area (Å²) in [5.74, 6) is 0.220. The molecule has 1 aliphatic heterocycles. The van der Waals surface area contributed by atoms with E-state index < -0.39 is 0 Å². The van der Waals surface area contributed by atoms with E-state index >= 15 is 0 Å². The maximum absolute atomic E-state index is 12.1. The predicted molar refractivity (Wildman–Crippen MR) is 86.7 cm³/mol. The first-order valence-electron chi connectivity index (χ1n) is 8.19. The summed E-state index contributed by atoms with van der Waals surface area (Å²) in [6.45, 7) is 5.14. The second-order valence-electron chi connectivity index (χ2n) is 6.76. The van der Waals surface area contributed by atoms with Gasteiger partial charge in [0.25, 0.3) is 0 Å². The highest BCUT2D eigenvalue weighted by Crippen LogP contribution is 2.37. The molecule has 1 amide bonds. The van der Waals surface area contributed by atoms with E-state index in [0.717, 1.165) is 49.7 Å². The number of piperazine rings is 1. The number of aromatic nitrogens is 2. The van der Waals surface area contributed by atoms with Crippen LogP contribution in [0.25, 0.3) is 0 Å². The van der Waals surface area contributed by atoms with Crippen LogP contribution in [0.15, 0.2) is 6.20 Å². The number of rotatable bonds is 2. The summed E-state index contributed by atoms with van der Waals surface area (Å²) < 4.78 is 1.76. The molecule has 6 heteroatoms. The average molecular weight is 325 g/mol. The van der Waals surface area contributed by atoms with Crippen molar-refractivity contribution in [1.29, 1.82) is 0 Å². The highest BCUT2D eigenvalue weighted by molar-refractivity contribution is 6.31. The van der Waals surface area contributed by atoms with Gasteiger partial charge in [-0.25, -0.2) is 0 Å². The van der Waals surface area contributed by atoms with Crippen molar-refractivity contribution in [2.75, 3.05) is 19.6 Å². The normalized spacial score (nSPS) is 22.2. The molecule has 1 saturated carbocycles. The van der Waals surface area contributed by atoms with Gasteiger partial charge in [-0.05, 0) is 12.8 Å². The second-order valence-corrected chi connectivity index (χ2v) is 7.17. The first-order chi connectivity index (χ1) is 10.5. The van der Waals surface area contributed by atoms with Gasteiger partial charge in [0.15, 0.2) is 0 Å². The van der Waals surface area contributed by atoms with Crippen LogP contribution in [0, 0.1) is 0 Å². The Morgan fingerprint density at radius 3 is 2.64 bits per heavy atom. The number of amides is 1. The van der Waals surface area contributed by atoms with Gasteiger partial charge < -0.3 is 4.90 Å². The lowest BCUT2D eigenvalue weighted by molar-refractivity contribution is -0.142. The number of aryl methyl sites for hydroxylation is 1. The first kappa shape index (κ1) is 15.8. The van der Waals surface area contributed by atoms with Crippen LogP contribution in [-0.4, -0.2) is 50.7 Å². The smallest absolute Gasteiger partial charge is 0.219 e. The molecular formula is C16H25ClN4O. The minimum absolute atomic E-state index is 0.0313. The summed E-state index contributed by atoms with van der Waals surface area (Å²) in [6.07, 6.45) is 7.83. The van der Waals surface area contributed by atoms with Crippen LogP contribution in [0.5, 0.6) is 0 Å². The van der Waals surface area contributed by atoms with Crippen LogP contribution in [0.1, 0.15) is 44.7 Å². The van der Waals surface area contributed by atoms with Crippen molar-refractivity contribution in [2.45, 2.75) is 51.1 Å². The number of hydrogen-bond acceptors (Lipinski definition) is 3. The molecule has 3 rings (SSSR count). The second kappa shape index (κ2) is 6.20. The molecule has 1 aromatic heterocycles. The summed E-state index contributed by atoms with van der Waals surface area (Å²) in [4.78, 5) is 16.6. The molecule has 1 spiro atoms. The fraction of sp³-hybridized carbons (Fsp3) is 0.750. The van der Waals surface area contributed by atoms with Crippen molar-refractivity contribution >= 4 is 17.5 Å². The highest BCUT2D eigenvalue weighted by Gasteiger charge is 2.43. The third kappa shape index (κ3) is 3.01. The summed E-state index contributed by atoms with van der Waals surface area (Å²) in [7, 11) is 1.89. The van der Waals surface area contributed by atoms with E-state index in [9.17, 15) is 4.79 Å². The van der Waals surface area contributed by atoms with Crippen LogP contribution < -0.4 is 0 Å². The summed E-state index contributed by atoms with van der Waals surface area (Å²) in [5.41, 5.74) is 0.968. The van der Waals surface area contributed by atoms with Crippen molar-refractivity contribution in [3.05, 3.63) is 16.9 Å². The Morgan fingerprint density at radius 2 is 2.05 bits per heavy atom. The third-order valence-electron chi connectivity index (χ3n) is 5.12. The van der Waals surface area contributed by atoms with E-state index in [-0.39, 0.29) is 11.4 Å². The predicted octanol–water partition coefficient (Wildman–Crippen LogP) is 2.44. The molecule has 2 heterocycles. The number of carbonyl (C=O) groups excluding carboxylic acids is 1. The van der Waals surface area contributed by atoms with Gasteiger partial charge in [-0.3, -0.25) is 14.4 Å². The van der Waals surface area contributed by atoms with Crippen molar-refractivity contribution in [2.24, 2.45) is 7.05 Å². The lowest BCUT2D eigenvalue weighted by Gasteiger charge is -2.52. The van der Waals surface area contributed by atoms with E-state index in [4.69, 9.17) is 11.6 Å². The van der Waals surface area contributed by atoms with E-state index in [1.165, 1.54) is 19.3 Å². The van der Waals surface area contributed by atoms with E-state index in [1.807, 2.05) is 13.2 Å². The third-order valence-corrected chi connectivity index (χ3v) is 5.44. The van der Waals surface area contributed by atoms with Crippen LogP contribution in [0.4, 0.5) is 0 Å². The fourth-order valence-electron chi connectivity index (χ4n) is 4.15. The quantitative estimate of drug-likeness (QED) is 0.839. The Bertz CT molecular complexity index is 550. The first-order valence-corrected chi connectivity index (χ1v) is 8.57. The molecule has 22 heavy (non-hydrogen) atoms. The van der Waals surface area contributed by atoms with E-state index in [2.05, 4.69) is 14.9 Å². The number of halogens is 1. The summed E-state index contributed by atoms with van der Waals surface area (Å²) >= 11 is 6.25. The molecule has 1 saturated heterocycles. The molecule has 2 aliphatic rings. The fourth-order valence-corrected chi connectivity index (χ4v) is 4.39. The summed E-state index contributed by atoms with van der Waals surface area (Å²) in [5, 5.41) is 5.19. The Balaban J connectivity index is 1.76. The molecule has 0 aromatic carbocycles. The molecule has 0 N–H and O–H groups in total. The van der Waals surface area contributed by atoms with E-state index in [0.29, 0.717) is 0 Å². The minimum Gasteiger partial charge on any atom is -0.335 e. The number of hydrogen-bond donors (Lipinski definition) is 0. The van der Waals surface area contributed by atoms with Crippen molar-refractivity contribution in [1.82, 2.24) is 19.6 Å². The standard InChI is InChI=1S/C16H25ClN4O/c1-13(22)21-9-8-20(11-15-14(17)10-19(2)18-15)12-16(21)6-4-3-5-7-16/h10H,3-9,11-12H2,1-2H3. The molecule has 1 aliphatic carbocycles.